The fourth-order valence-corrected chi connectivity index (χ4v) is 3.33. The van der Waals surface area contributed by atoms with Crippen molar-refractivity contribution in [3.63, 3.8) is 0 Å². The van der Waals surface area contributed by atoms with Crippen LogP contribution < -0.4 is 4.74 Å². The summed E-state index contributed by atoms with van der Waals surface area (Å²) in [6.07, 6.45) is 4.95. The summed E-state index contributed by atoms with van der Waals surface area (Å²) in [4.78, 5) is 0. The quantitative estimate of drug-likeness (QED) is 0.394. The molecule has 0 aliphatic carbocycles. The summed E-state index contributed by atoms with van der Waals surface area (Å²) in [7, 11) is 0. The van der Waals surface area contributed by atoms with E-state index in [2.05, 4.69) is 79.7 Å². The minimum atomic E-state index is 0.696. The summed E-state index contributed by atoms with van der Waals surface area (Å²) in [5, 5.41) is 0. The molecule has 0 fully saturated rings. The van der Waals surface area contributed by atoms with Gasteiger partial charge in [-0.15, -0.1) is 0 Å². The van der Waals surface area contributed by atoms with Gasteiger partial charge in [0.2, 0.25) is 0 Å². The Bertz CT molecular complexity index is 803. The summed E-state index contributed by atoms with van der Waals surface area (Å²) >= 11 is 0. The monoisotopic (exact) mass is 344 g/mol. The molecule has 0 unspecified atom stereocenters. The fraction of sp³-hybridized carbons (Fsp3) is 0.280. The summed E-state index contributed by atoms with van der Waals surface area (Å²) in [6, 6.07) is 26.1. The number of rotatable bonds is 8. The maximum absolute atomic E-state index is 5.60. The van der Waals surface area contributed by atoms with E-state index in [0.29, 0.717) is 6.61 Å². The van der Waals surface area contributed by atoms with Crippen molar-refractivity contribution in [1.82, 2.24) is 0 Å². The molecule has 3 aromatic rings. The second kappa shape index (κ2) is 9.24. The Balaban J connectivity index is 1.99. The minimum Gasteiger partial charge on any atom is -0.494 e. The molecule has 0 radical (unpaired) electrons. The Hall–Kier alpha value is -2.54. The molecule has 0 spiro atoms. The van der Waals surface area contributed by atoms with Crippen LogP contribution in [0, 0.1) is 0 Å². The van der Waals surface area contributed by atoms with E-state index in [4.69, 9.17) is 4.74 Å². The van der Waals surface area contributed by atoms with Crippen LogP contribution in [-0.2, 0) is 6.42 Å². The van der Waals surface area contributed by atoms with Gasteiger partial charge in [0.1, 0.15) is 5.75 Å². The van der Waals surface area contributed by atoms with Crippen LogP contribution in [0.25, 0.3) is 22.3 Å². The molecule has 0 aromatic heterocycles. The van der Waals surface area contributed by atoms with Gasteiger partial charge in [0.05, 0.1) is 6.61 Å². The van der Waals surface area contributed by atoms with Crippen LogP contribution in [0.15, 0.2) is 72.8 Å². The van der Waals surface area contributed by atoms with Crippen LogP contribution in [-0.4, -0.2) is 6.61 Å². The maximum Gasteiger partial charge on any atom is 0.119 e. The highest BCUT2D eigenvalue weighted by Gasteiger charge is 2.09. The van der Waals surface area contributed by atoms with E-state index < -0.39 is 0 Å². The minimum absolute atomic E-state index is 0.696. The van der Waals surface area contributed by atoms with Crippen molar-refractivity contribution < 1.29 is 4.74 Å². The highest BCUT2D eigenvalue weighted by Crippen LogP contribution is 2.34. The van der Waals surface area contributed by atoms with Gasteiger partial charge in [-0.1, -0.05) is 80.4 Å². The molecule has 0 aliphatic rings. The number of unbranched alkanes of at least 4 members (excludes halogenated alkanes) is 2. The first-order chi connectivity index (χ1) is 12.8. The van der Waals surface area contributed by atoms with Gasteiger partial charge in [0, 0.05) is 0 Å². The molecule has 1 heteroatoms. The summed E-state index contributed by atoms with van der Waals surface area (Å²) < 4.78 is 5.60. The predicted molar refractivity (Wildman–Crippen MR) is 112 cm³/mol. The number of benzene rings is 3. The van der Waals surface area contributed by atoms with Gasteiger partial charge in [0.15, 0.2) is 0 Å². The zero-order valence-electron chi connectivity index (χ0n) is 15.9. The summed E-state index contributed by atoms with van der Waals surface area (Å²) in [6.45, 7) is 4.96. The second-order valence-corrected chi connectivity index (χ2v) is 6.66. The van der Waals surface area contributed by atoms with Crippen LogP contribution in [0.1, 0.15) is 38.7 Å². The molecule has 0 atom stereocenters. The van der Waals surface area contributed by atoms with Crippen molar-refractivity contribution in [2.45, 2.75) is 39.5 Å². The van der Waals surface area contributed by atoms with Gasteiger partial charge >= 0.3 is 0 Å². The highest BCUT2D eigenvalue weighted by atomic mass is 16.5. The first-order valence-corrected chi connectivity index (χ1v) is 9.73. The lowest BCUT2D eigenvalue weighted by atomic mass is 9.91. The number of ether oxygens (including phenoxy) is 1. The molecule has 0 N–H and O–H groups in total. The maximum atomic E-state index is 5.60. The van der Waals surface area contributed by atoms with Crippen molar-refractivity contribution in [2.24, 2.45) is 0 Å². The molecular formula is C25H28O. The van der Waals surface area contributed by atoms with Crippen molar-refractivity contribution >= 4 is 0 Å². The first-order valence-electron chi connectivity index (χ1n) is 9.73. The Morgan fingerprint density at radius 1 is 0.692 bits per heavy atom. The molecule has 0 bridgehead atoms. The van der Waals surface area contributed by atoms with Crippen LogP contribution in [0.3, 0.4) is 0 Å². The first kappa shape index (κ1) is 18.3. The van der Waals surface area contributed by atoms with Gasteiger partial charge in [0.25, 0.3) is 0 Å². The van der Waals surface area contributed by atoms with Gasteiger partial charge in [-0.2, -0.15) is 0 Å². The van der Waals surface area contributed by atoms with Crippen LogP contribution in [0.4, 0.5) is 0 Å². The topological polar surface area (TPSA) is 9.23 Å². The average molecular weight is 344 g/mol. The third kappa shape index (κ3) is 4.54. The van der Waals surface area contributed by atoms with Crippen molar-refractivity contribution in [3.05, 3.63) is 78.4 Å². The Morgan fingerprint density at radius 3 is 2.12 bits per heavy atom. The molecule has 0 amide bonds. The largest absolute Gasteiger partial charge is 0.494 e. The predicted octanol–water partition coefficient (Wildman–Crippen LogP) is 7.15. The van der Waals surface area contributed by atoms with E-state index in [9.17, 15) is 0 Å². The molecule has 3 aromatic carbocycles. The molecule has 26 heavy (non-hydrogen) atoms. The molecule has 3 rings (SSSR count). The lowest BCUT2D eigenvalue weighted by Crippen LogP contribution is -1.93. The Kier molecular flexibility index (Phi) is 6.49. The van der Waals surface area contributed by atoms with E-state index in [1.54, 1.807) is 0 Å². The van der Waals surface area contributed by atoms with Gasteiger partial charge < -0.3 is 4.74 Å². The molecule has 0 aliphatic heterocycles. The normalized spacial score (nSPS) is 10.7. The average Bonchev–Trinajstić information content (AvgIpc) is 2.70. The zero-order chi connectivity index (χ0) is 18.2. The fourth-order valence-electron chi connectivity index (χ4n) is 3.33. The molecule has 0 saturated heterocycles. The molecule has 0 saturated carbocycles. The smallest absolute Gasteiger partial charge is 0.119 e. The van der Waals surface area contributed by atoms with E-state index in [0.717, 1.165) is 12.2 Å². The Morgan fingerprint density at radius 2 is 1.42 bits per heavy atom. The SMILES string of the molecule is CCCCCc1ccc(-c2ccccc2)c(-c2ccc(OCC)cc2)c1. The molecule has 134 valence electrons. The standard InChI is InChI=1S/C25H28O/c1-3-5-7-10-20-13-18-24(21-11-8-6-9-12-21)25(19-20)22-14-16-23(17-15-22)26-4-2/h6,8-9,11-19H,3-5,7,10H2,1-2H3. The number of hydrogen-bond donors (Lipinski definition) is 0. The van der Waals surface area contributed by atoms with E-state index in [1.165, 1.54) is 47.1 Å². The summed E-state index contributed by atoms with van der Waals surface area (Å²) in [5.41, 5.74) is 6.51. The zero-order valence-corrected chi connectivity index (χ0v) is 15.9. The summed E-state index contributed by atoms with van der Waals surface area (Å²) in [5.74, 6) is 0.927. The van der Waals surface area contributed by atoms with Crippen LogP contribution >= 0.6 is 0 Å². The van der Waals surface area contributed by atoms with Gasteiger partial charge in [-0.25, -0.2) is 0 Å². The lowest BCUT2D eigenvalue weighted by Gasteiger charge is -2.14. The third-order valence-electron chi connectivity index (χ3n) is 4.71. The van der Waals surface area contributed by atoms with E-state index >= 15 is 0 Å². The third-order valence-corrected chi connectivity index (χ3v) is 4.71. The lowest BCUT2D eigenvalue weighted by molar-refractivity contribution is 0.340. The van der Waals surface area contributed by atoms with Gasteiger partial charge in [-0.3, -0.25) is 0 Å². The van der Waals surface area contributed by atoms with E-state index in [-0.39, 0.29) is 0 Å². The van der Waals surface area contributed by atoms with Crippen molar-refractivity contribution in [3.8, 4) is 28.0 Å². The number of aryl methyl sites for hydroxylation is 1. The van der Waals surface area contributed by atoms with Crippen LogP contribution in [0.5, 0.6) is 5.75 Å². The highest BCUT2D eigenvalue weighted by molar-refractivity contribution is 5.84. The van der Waals surface area contributed by atoms with Crippen molar-refractivity contribution in [2.75, 3.05) is 6.61 Å². The van der Waals surface area contributed by atoms with E-state index in [1.807, 2.05) is 6.92 Å². The Labute approximate surface area is 157 Å². The van der Waals surface area contributed by atoms with Gasteiger partial charge in [-0.05, 0) is 59.7 Å². The molecule has 1 nitrogen and oxygen atoms in total. The van der Waals surface area contributed by atoms with Crippen molar-refractivity contribution in [1.29, 1.82) is 0 Å². The molecular weight excluding hydrogens is 316 g/mol. The number of hydrogen-bond acceptors (Lipinski definition) is 1. The second-order valence-electron chi connectivity index (χ2n) is 6.66. The van der Waals surface area contributed by atoms with Crippen LogP contribution in [0.2, 0.25) is 0 Å². The molecule has 0 heterocycles.